The lowest BCUT2D eigenvalue weighted by molar-refractivity contribution is -0.116. The molecular formula is C10H13FN2O2. The van der Waals surface area contributed by atoms with Crippen molar-refractivity contribution < 1.29 is 13.9 Å². The van der Waals surface area contributed by atoms with Gasteiger partial charge in [0.25, 0.3) is 0 Å². The zero-order valence-electron chi connectivity index (χ0n) is 8.42. The number of methoxy groups -OCH3 is 1. The van der Waals surface area contributed by atoms with Crippen molar-refractivity contribution in [1.82, 2.24) is 0 Å². The molecule has 0 unspecified atom stereocenters. The number of carbonyl (C=O) groups excluding carboxylic acids is 1. The van der Waals surface area contributed by atoms with E-state index < -0.39 is 5.82 Å². The summed E-state index contributed by atoms with van der Waals surface area (Å²) in [5.41, 5.74) is 5.30. The van der Waals surface area contributed by atoms with E-state index in [0.717, 1.165) is 0 Å². The fraction of sp³-hybridized carbons (Fsp3) is 0.300. The molecule has 1 aromatic rings. The average molecular weight is 212 g/mol. The fourth-order valence-corrected chi connectivity index (χ4v) is 1.07. The van der Waals surface area contributed by atoms with Crippen LogP contribution in [0.1, 0.15) is 6.42 Å². The number of hydrogen-bond donors (Lipinski definition) is 2. The minimum Gasteiger partial charge on any atom is -0.497 e. The maximum absolute atomic E-state index is 13.2. The van der Waals surface area contributed by atoms with Crippen LogP contribution in [0.3, 0.4) is 0 Å². The number of ether oxygens (including phenoxy) is 1. The van der Waals surface area contributed by atoms with Gasteiger partial charge in [0, 0.05) is 19.0 Å². The number of benzene rings is 1. The quantitative estimate of drug-likeness (QED) is 0.786. The summed E-state index contributed by atoms with van der Waals surface area (Å²) in [6.45, 7) is 0.234. The van der Waals surface area contributed by atoms with Gasteiger partial charge in [0.2, 0.25) is 5.91 Å². The number of nitrogens with two attached hydrogens (primary N) is 1. The molecule has 0 saturated heterocycles. The smallest absolute Gasteiger partial charge is 0.225 e. The molecule has 1 amide bonds. The molecule has 0 aromatic heterocycles. The predicted molar refractivity (Wildman–Crippen MR) is 55.3 cm³/mol. The Morgan fingerprint density at radius 3 is 2.93 bits per heavy atom. The molecule has 5 heteroatoms. The van der Waals surface area contributed by atoms with Crippen molar-refractivity contribution in [3.05, 3.63) is 24.0 Å². The molecule has 15 heavy (non-hydrogen) atoms. The minimum atomic E-state index is -0.499. The molecule has 4 nitrogen and oxygen atoms in total. The Bertz CT molecular complexity index is 355. The van der Waals surface area contributed by atoms with Crippen molar-refractivity contribution in [1.29, 1.82) is 0 Å². The molecule has 82 valence electrons. The van der Waals surface area contributed by atoms with Gasteiger partial charge in [0.15, 0.2) is 0 Å². The summed E-state index contributed by atoms with van der Waals surface area (Å²) in [6, 6.07) is 4.13. The van der Waals surface area contributed by atoms with Gasteiger partial charge in [-0.1, -0.05) is 0 Å². The monoisotopic (exact) mass is 212 g/mol. The van der Waals surface area contributed by atoms with Crippen LogP contribution in [0.2, 0.25) is 0 Å². The minimum absolute atomic E-state index is 0.104. The Balaban J connectivity index is 2.79. The third-order valence-electron chi connectivity index (χ3n) is 1.82. The summed E-state index contributed by atoms with van der Waals surface area (Å²) < 4.78 is 18.1. The van der Waals surface area contributed by atoms with Gasteiger partial charge in [-0.05, 0) is 12.1 Å². The lowest BCUT2D eigenvalue weighted by Gasteiger charge is -2.07. The molecule has 0 aliphatic carbocycles. The van der Waals surface area contributed by atoms with Crippen molar-refractivity contribution in [2.45, 2.75) is 6.42 Å². The molecule has 0 aliphatic rings. The normalized spacial score (nSPS) is 9.80. The Kier molecular flexibility index (Phi) is 4.05. The third-order valence-corrected chi connectivity index (χ3v) is 1.82. The van der Waals surface area contributed by atoms with Crippen molar-refractivity contribution in [2.75, 3.05) is 19.0 Å². The maximum Gasteiger partial charge on any atom is 0.225 e. The molecule has 0 radical (unpaired) electrons. The first kappa shape index (κ1) is 11.5. The summed E-state index contributed by atoms with van der Waals surface area (Å²) in [5.74, 6) is -0.328. The van der Waals surface area contributed by atoms with E-state index in [1.807, 2.05) is 0 Å². The number of anilines is 1. The second-order valence-corrected chi connectivity index (χ2v) is 2.93. The average Bonchev–Trinajstić information content (AvgIpc) is 2.21. The molecular weight excluding hydrogens is 199 g/mol. The lowest BCUT2D eigenvalue weighted by atomic mass is 10.2. The van der Waals surface area contributed by atoms with Crippen molar-refractivity contribution in [3.8, 4) is 5.75 Å². The zero-order chi connectivity index (χ0) is 11.3. The van der Waals surface area contributed by atoms with E-state index in [0.29, 0.717) is 5.75 Å². The van der Waals surface area contributed by atoms with Crippen LogP contribution in [-0.4, -0.2) is 19.6 Å². The molecule has 0 saturated carbocycles. The number of rotatable bonds is 4. The molecule has 0 bridgehead atoms. The molecule has 3 N–H and O–H groups in total. The largest absolute Gasteiger partial charge is 0.497 e. The van der Waals surface area contributed by atoms with Crippen molar-refractivity contribution >= 4 is 11.6 Å². The maximum atomic E-state index is 13.2. The Morgan fingerprint density at radius 1 is 1.60 bits per heavy atom. The molecule has 0 heterocycles. The summed E-state index contributed by atoms with van der Waals surface area (Å²) >= 11 is 0. The van der Waals surface area contributed by atoms with E-state index >= 15 is 0 Å². The van der Waals surface area contributed by atoms with E-state index in [2.05, 4.69) is 5.32 Å². The Morgan fingerprint density at radius 2 is 2.33 bits per heavy atom. The van der Waals surface area contributed by atoms with Gasteiger partial charge in [0.1, 0.15) is 11.6 Å². The van der Waals surface area contributed by atoms with Crippen LogP contribution in [0.25, 0.3) is 0 Å². The van der Waals surface area contributed by atoms with E-state index in [9.17, 15) is 9.18 Å². The van der Waals surface area contributed by atoms with Crippen LogP contribution < -0.4 is 15.8 Å². The van der Waals surface area contributed by atoms with Crippen molar-refractivity contribution in [3.63, 3.8) is 0 Å². The molecule has 1 rings (SSSR count). The van der Waals surface area contributed by atoms with E-state index in [4.69, 9.17) is 10.5 Å². The SMILES string of the molecule is COc1ccc(F)c(NC(=O)CCN)c1. The van der Waals surface area contributed by atoms with Gasteiger partial charge in [-0.15, -0.1) is 0 Å². The Hall–Kier alpha value is -1.62. The highest BCUT2D eigenvalue weighted by molar-refractivity contribution is 5.91. The number of halogens is 1. The first-order valence-electron chi connectivity index (χ1n) is 4.51. The first-order valence-corrected chi connectivity index (χ1v) is 4.51. The number of carbonyl (C=O) groups is 1. The van der Waals surface area contributed by atoms with Crippen LogP contribution in [-0.2, 0) is 4.79 Å². The number of hydrogen-bond acceptors (Lipinski definition) is 3. The Labute approximate surface area is 87.2 Å². The van der Waals surface area contributed by atoms with Crippen LogP contribution in [0.15, 0.2) is 18.2 Å². The van der Waals surface area contributed by atoms with Gasteiger partial charge in [-0.25, -0.2) is 4.39 Å². The first-order chi connectivity index (χ1) is 7.17. The van der Waals surface area contributed by atoms with Gasteiger partial charge in [-0.2, -0.15) is 0 Å². The van der Waals surface area contributed by atoms with E-state index in [1.54, 1.807) is 0 Å². The summed E-state index contributed by atoms with van der Waals surface area (Å²) in [5, 5.41) is 2.41. The lowest BCUT2D eigenvalue weighted by Crippen LogP contribution is -2.16. The fourth-order valence-electron chi connectivity index (χ4n) is 1.07. The summed E-state index contributed by atoms with van der Waals surface area (Å²) in [6.07, 6.45) is 0.163. The summed E-state index contributed by atoms with van der Waals surface area (Å²) in [4.78, 5) is 11.2. The highest BCUT2D eigenvalue weighted by Gasteiger charge is 2.07. The second-order valence-electron chi connectivity index (χ2n) is 2.93. The van der Waals surface area contributed by atoms with Crippen LogP contribution in [0.5, 0.6) is 5.75 Å². The van der Waals surface area contributed by atoms with Crippen molar-refractivity contribution in [2.24, 2.45) is 5.73 Å². The van der Waals surface area contributed by atoms with Gasteiger partial charge in [-0.3, -0.25) is 4.79 Å². The number of nitrogens with one attached hydrogen (secondary N) is 1. The van der Waals surface area contributed by atoms with Crippen LogP contribution >= 0.6 is 0 Å². The highest BCUT2D eigenvalue weighted by atomic mass is 19.1. The van der Waals surface area contributed by atoms with Gasteiger partial charge < -0.3 is 15.8 Å². The van der Waals surface area contributed by atoms with Crippen LogP contribution in [0.4, 0.5) is 10.1 Å². The van der Waals surface area contributed by atoms with E-state index in [1.165, 1.54) is 25.3 Å². The molecule has 1 aromatic carbocycles. The van der Waals surface area contributed by atoms with Gasteiger partial charge in [0.05, 0.1) is 12.8 Å². The van der Waals surface area contributed by atoms with E-state index in [-0.39, 0.29) is 24.6 Å². The number of amides is 1. The van der Waals surface area contributed by atoms with Gasteiger partial charge >= 0.3 is 0 Å². The molecule has 0 aliphatic heterocycles. The molecule has 0 fully saturated rings. The van der Waals surface area contributed by atoms with Crippen LogP contribution in [0, 0.1) is 5.82 Å². The summed E-state index contributed by atoms with van der Waals surface area (Å²) in [7, 11) is 1.47. The molecule has 0 atom stereocenters. The standard InChI is InChI=1S/C10H13FN2O2/c1-15-7-2-3-8(11)9(6-7)13-10(14)4-5-12/h2-3,6H,4-5,12H2,1H3,(H,13,14). The highest BCUT2D eigenvalue weighted by Crippen LogP contribution is 2.20. The molecule has 0 spiro atoms. The zero-order valence-corrected chi connectivity index (χ0v) is 8.42. The predicted octanol–water partition coefficient (Wildman–Crippen LogP) is 1.12. The topological polar surface area (TPSA) is 64.3 Å². The third kappa shape index (κ3) is 3.21. The second kappa shape index (κ2) is 5.31.